The van der Waals surface area contributed by atoms with Crippen LogP contribution < -0.4 is 10.5 Å². The first-order valence-electron chi connectivity index (χ1n) is 5.91. The number of hydrogen-bond donors (Lipinski definition) is 2. The maximum absolute atomic E-state index is 12.1. The van der Waals surface area contributed by atoms with Crippen LogP contribution in [0.2, 0.25) is 0 Å². The number of sulfonamides is 1. The van der Waals surface area contributed by atoms with Gasteiger partial charge < -0.3 is 5.73 Å². The topological polar surface area (TPSA) is 72.2 Å². The zero-order valence-electron chi connectivity index (χ0n) is 9.63. The van der Waals surface area contributed by atoms with Crippen LogP contribution in [0.1, 0.15) is 32.1 Å². The molecular weight excluding hydrogens is 256 g/mol. The molecule has 0 amide bonds. The van der Waals surface area contributed by atoms with Crippen LogP contribution in [-0.2, 0) is 10.0 Å². The summed E-state index contributed by atoms with van der Waals surface area (Å²) in [4.78, 5) is 0. The van der Waals surface area contributed by atoms with Gasteiger partial charge in [0.15, 0.2) is 0 Å². The molecule has 17 heavy (non-hydrogen) atoms. The summed E-state index contributed by atoms with van der Waals surface area (Å²) in [5, 5.41) is 1.77. The first-order valence-corrected chi connectivity index (χ1v) is 8.27. The van der Waals surface area contributed by atoms with Gasteiger partial charge in [-0.15, -0.1) is 11.3 Å². The third-order valence-corrected chi connectivity index (χ3v) is 6.02. The molecule has 6 heteroatoms. The fourth-order valence-electron chi connectivity index (χ4n) is 2.16. The van der Waals surface area contributed by atoms with E-state index >= 15 is 0 Å². The van der Waals surface area contributed by atoms with Crippen LogP contribution in [0.15, 0.2) is 21.7 Å². The quantitative estimate of drug-likeness (QED) is 0.824. The molecule has 1 saturated carbocycles. The van der Waals surface area contributed by atoms with Crippen molar-refractivity contribution in [3.05, 3.63) is 17.5 Å². The molecule has 0 spiro atoms. The molecule has 96 valence electrons. The zero-order chi connectivity index (χ0) is 12.3. The van der Waals surface area contributed by atoms with E-state index in [1.165, 1.54) is 11.3 Å². The van der Waals surface area contributed by atoms with E-state index in [9.17, 15) is 8.42 Å². The van der Waals surface area contributed by atoms with Crippen LogP contribution in [0.5, 0.6) is 0 Å². The molecule has 0 aromatic carbocycles. The number of rotatable bonds is 3. The first-order chi connectivity index (χ1) is 8.09. The van der Waals surface area contributed by atoms with Crippen LogP contribution in [0.3, 0.4) is 0 Å². The molecule has 1 aromatic heterocycles. The minimum atomic E-state index is -3.38. The van der Waals surface area contributed by atoms with Crippen molar-refractivity contribution in [3.63, 3.8) is 0 Å². The SMILES string of the molecule is NC1CCCCCC1NS(=O)(=O)c1cccs1. The average molecular weight is 274 g/mol. The summed E-state index contributed by atoms with van der Waals surface area (Å²) in [6, 6.07) is 3.18. The van der Waals surface area contributed by atoms with E-state index in [0.717, 1.165) is 32.1 Å². The van der Waals surface area contributed by atoms with Gasteiger partial charge in [0, 0.05) is 12.1 Å². The van der Waals surface area contributed by atoms with E-state index in [1.54, 1.807) is 17.5 Å². The number of nitrogens with one attached hydrogen (secondary N) is 1. The second-order valence-corrected chi connectivity index (χ2v) is 7.35. The number of nitrogens with two attached hydrogens (primary N) is 1. The fraction of sp³-hybridized carbons (Fsp3) is 0.636. The van der Waals surface area contributed by atoms with E-state index in [1.807, 2.05) is 0 Å². The van der Waals surface area contributed by atoms with Crippen molar-refractivity contribution in [2.24, 2.45) is 5.73 Å². The molecule has 1 aromatic rings. The van der Waals surface area contributed by atoms with E-state index < -0.39 is 10.0 Å². The molecule has 2 unspecified atom stereocenters. The van der Waals surface area contributed by atoms with E-state index in [-0.39, 0.29) is 12.1 Å². The lowest BCUT2D eigenvalue weighted by Crippen LogP contribution is -2.46. The molecule has 0 saturated heterocycles. The first kappa shape index (κ1) is 13.0. The maximum atomic E-state index is 12.1. The Morgan fingerprint density at radius 1 is 1.29 bits per heavy atom. The van der Waals surface area contributed by atoms with Crippen molar-refractivity contribution in [1.29, 1.82) is 0 Å². The Morgan fingerprint density at radius 3 is 2.76 bits per heavy atom. The normalized spacial score (nSPS) is 26.6. The molecule has 1 heterocycles. The molecule has 3 N–H and O–H groups in total. The van der Waals surface area contributed by atoms with Crippen molar-refractivity contribution in [1.82, 2.24) is 4.72 Å². The summed E-state index contributed by atoms with van der Waals surface area (Å²) in [5.74, 6) is 0. The lowest BCUT2D eigenvalue weighted by molar-refractivity contribution is 0.457. The van der Waals surface area contributed by atoms with Crippen LogP contribution >= 0.6 is 11.3 Å². The van der Waals surface area contributed by atoms with Gasteiger partial charge in [-0.2, -0.15) is 0 Å². The third-order valence-electron chi connectivity index (χ3n) is 3.14. The summed E-state index contributed by atoms with van der Waals surface area (Å²) in [7, 11) is -3.38. The third kappa shape index (κ3) is 3.28. The Balaban J connectivity index is 2.09. The summed E-state index contributed by atoms with van der Waals surface area (Å²) in [5.41, 5.74) is 6.02. The van der Waals surface area contributed by atoms with Crippen LogP contribution in [-0.4, -0.2) is 20.5 Å². The van der Waals surface area contributed by atoms with Gasteiger partial charge in [0.1, 0.15) is 4.21 Å². The summed E-state index contributed by atoms with van der Waals surface area (Å²) < 4.78 is 27.2. The molecule has 1 aliphatic carbocycles. The molecule has 4 nitrogen and oxygen atoms in total. The molecule has 0 bridgehead atoms. The van der Waals surface area contributed by atoms with Gasteiger partial charge in [-0.25, -0.2) is 13.1 Å². The minimum Gasteiger partial charge on any atom is -0.326 e. The van der Waals surface area contributed by atoms with E-state index in [4.69, 9.17) is 5.73 Å². The summed E-state index contributed by atoms with van der Waals surface area (Å²) >= 11 is 1.23. The minimum absolute atomic E-state index is 0.0627. The van der Waals surface area contributed by atoms with Gasteiger partial charge in [0.25, 0.3) is 0 Å². The highest BCUT2D eigenvalue weighted by Gasteiger charge is 2.26. The number of hydrogen-bond acceptors (Lipinski definition) is 4. The Labute approximate surface area is 106 Å². The van der Waals surface area contributed by atoms with Crippen LogP contribution in [0.25, 0.3) is 0 Å². The molecule has 2 rings (SSSR count). The zero-order valence-corrected chi connectivity index (χ0v) is 11.3. The average Bonchev–Trinajstić information content (AvgIpc) is 2.74. The van der Waals surface area contributed by atoms with Crippen molar-refractivity contribution >= 4 is 21.4 Å². The Bertz CT molecular complexity index is 442. The number of thiophene rings is 1. The van der Waals surface area contributed by atoms with Gasteiger partial charge in [0.05, 0.1) is 0 Å². The summed E-state index contributed by atoms with van der Waals surface area (Å²) in [6.45, 7) is 0. The van der Waals surface area contributed by atoms with E-state index in [0.29, 0.717) is 4.21 Å². The predicted molar refractivity (Wildman–Crippen MR) is 69.5 cm³/mol. The van der Waals surface area contributed by atoms with Crippen molar-refractivity contribution in [2.45, 2.75) is 48.4 Å². The van der Waals surface area contributed by atoms with Gasteiger partial charge in [0.2, 0.25) is 10.0 Å². The monoisotopic (exact) mass is 274 g/mol. The van der Waals surface area contributed by atoms with Gasteiger partial charge in [-0.3, -0.25) is 0 Å². The maximum Gasteiger partial charge on any atom is 0.250 e. The molecule has 0 aliphatic heterocycles. The van der Waals surface area contributed by atoms with Gasteiger partial charge in [-0.05, 0) is 24.3 Å². The molecule has 1 aliphatic rings. The van der Waals surface area contributed by atoms with Gasteiger partial charge in [-0.1, -0.05) is 25.3 Å². The van der Waals surface area contributed by atoms with Crippen LogP contribution in [0, 0.1) is 0 Å². The largest absolute Gasteiger partial charge is 0.326 e. The van der Waals surface area contributed by atoms with Crippen LogP contribution in [0.4, 0.5) is 0 Å². The second-order valence-electron chi connectivity index (χ2n) is 4.46. The Kier molecular flexibility index (Phi) is 4.19. The summed E-state index contributed by atoms with van der Waals surface area (Å²) in [6.07, 6.45) is 5.03. The second kappa shape index (κ2) is 5.48. The lowest BCUT2D eigenvalue weighted by atomic mass is 10.1. The Hall–Kier alpha value is -0.430. The highest BCUT2D eigenvalue weighted by Crippen LogP contribution is 2.21. The van der Waals surface area contributed by atoms with E-state index in [2.05, 4.69) is 4.72 Å². The lowest BCUT2D eigenvalue weighted by Gasteiger charge is -2.22. The highest BCUT2D eigenvalue weighted by atomic mass is 32.2. The van der Waals surface area contributed by atoms with Crippen molar-refractivity contribution in [3.8, 4) is 0 Å². The molecule has 1 fully saturated rings. The fourth-order valence-corrected chi connectivity index (χ4v) is 4.49. The van der Waals surface area contributed by atoms with Crippen molar-refractivity contribution < 1.29 is 8.42 Å². The highest BCUT2D eigenvalue weighted by molar-refractivity contribution is 7.91. The predicted octanol–water partition coefficient (Wildman–Crippen LogP) is 1.69. The molecular formula is C11H18N2O2S2. The molecule has 2 atom stereocenters. The standard InChI is InChI=1S/C11H18N2O2S2/c12-9-5-2-1-3-6-10(9)13-17(14,15)11-7-4-8-16-11/h4,7-10,13H,1-3,5-6,12H2. The molecule has 0 radical (unpaired) electrons. The Morgan fingerprint density at radius 2 is 2.06 bits per heavy atom. The smallest absolute Gasteiger partial charge is 0.250 e. The van der Waals surface area contributed by atoms with Gasteiger partial charge >= 0.3 is 0 Å². The van der Waals surface area contributed by atoms with Crippen molar-refractivity contribution in [2.75, 3.05) is 0 Å².